The van der Waals surface area contributed by atoms with Gasteiger partial charge in [0, 0.05) is 0 Å². The molecule has 2 aliphatic rings. The van der Waals surface area contributed by atoms with E-state index in [1.807, 2.05) is 4.72 Å². The van der Waals surface area contributed by atoms with Gasteiger partial charge < -0.3 is 0 Å². The fraction of sp³-hybridized carbons (Fsp3) is 0.462. The summed E-state index contributed by atoms with van der Waals surface area (Å²) in [4.78, 5) is 3.61. The first-order valence-corrected chi connectivity index (χ1v) is 8.34. The molecule has 9 heteroatoms. The molecule has 1 aromatic rings. The van der Waals surface area contributed by atoms with Crippen molar-refractivity contribution in [3.8, 4) is 0 Å². The van der Waals surface area contributed by atoms with Gasteiger partial charge in [-0.2, -0.15) is 0 Å². The zero-order valence-corrected chi connectivity index (χ0v) is 12.3. The maximum Gasteiger partial charge on any atom is 0.491 e. The van der Waals surface area contributed by atoms with Crippen LogP contribution in [-0.4, -0.2) is 26.7 Å². The number of rotatable bonds is 1. The molecule has 0 atom stereocenters. The average molecular weight is 333 g/mol. The molecule has 1 aliphatic heterocycles. The summed E-state index contributed by atoms with van der Waals surface area (Å²) in [6, 6.07) is 4.73. The van der Waals surface area contributed by atoms with Crippen LogP contribution >= 0.6 is 0 Å². The molecule has 3 rings (SSSR count). The molecule has 1 aromatic carbocycles. The molecule has 120 valence electrons. The third-order valence-corrected chi connectivity index (χ3v) is 5.09. The lowest BCUT2D eigenvalue weighted by Crippen LogP contribution is -2.55. The number of benzene rings is 1. The molecular weight excluding hydrogens is 319 g/mol. The van der Waals surface area contributed by atoms with Gasteiger partial charge in [-0.1, -0.05) is 25.0 Å². The summed E-state index contributed by atoms with van der Waals surface area (Å²) >= 11 is 0. The molecule has 0 unspecified atom stereocenters. The molecule has 0 spiro atoms. The summed E-state index contributed by atoms with van der Waals surface area (Å²) in [6.45, 7) is 0. The Morgan fingerprint density at radius 2 is 1.82 bits per heavy atom. The van der Waals surface area contributed by atoms with E-state index in [9.17, 15) is 21.6 Å². The SMILES string of the molecule is O=S1(=O)NC(=NC2CCCC2)N(C(F)(F)F)c2ccccc21. The first kappa shape index (κ1) is 15.1. The Balaban J connectivity index is 2.14. The van der Waals surface area contributed by atoms with Crippen LogP contribution in [0.2, 0.25) is 0 Å². The van der Waals surface area contributed by atoms with Crippen LogP contribution in [0.5, 0.6) is 0 Å². The van der Waals surface area contributed by atoms with E-state index in [1.165, 1.54) is 12.1 Å². The second-order valence-corrected chi connectivity index (χ2v) is 6.92. The number of hydrogen-bond acceptors (Lipinski definition) is 3. The lowest BCUT2D eigenvalue weighted by molar-refractivity contribution is -0.119. The van der Waals surface area contributed by atoms with Crippen LogP contribution < -0.4 is 9.62 Å². The average Bonchev–Trinajstić information content (AvgIpc) is 2.89. The lowest BCUT2D eigenvalue weighted by Gasteiger charge is -2.34. The third-order valence-electron chi connectivity index (χ3n) is 3.72. The Morgan fingerprint density at radius 1 is 1.18 bits per heavy atom. The third kappa shape index (κ3) is 2.65. The van der Waals surface area contributed by atoms with Crippen molar-refractivity contribution in [1.29, 1.82) is 0 Å². The minimum absolute atomic E-state index is 0.00169. The van der Waals surface area contributed by atoms with Crippen molar-refractivity contribution >= 4 is 21.7 Å². The van der Waals surface area contributed by atoms with Crippen LogP contribution in [0.1, 0.15) is 25.7 Å². The van der Waals surface area contributed by atoms with E-state index >= 15 is 0 Å². The molecule has 0 aromatic heterocycles. The van der Waals surface area contributed by atoms with E-state index in [0.717, 1.165) is 25.0 Å². The number of alkyl halides is 3. The zero-order chi connectivity index (χ0) is 16.0. The van der Waals surface area contributed by atoms with Crippen LogP contribution in [0.15, 0.2) is 34.2 Å². The predicted octanol–water partition coefficient (Wildman–Crippen LogP) is 2.60. The Morgan fingerprint density at radius 3 is 2.45 bits per heavy atom. The second kappa shape index (κ2) is 5.15. The number of anilines is 1. The maximum atomic E-state index is 13.4. The Hall–Kier alpha value is -1.77. The van der Waals surface area contributed by atoms with Crippen LogP contribution in [-0.2, 0) is 10.0 Å². The Kier molecular flexibility index (Phi) is 3.54. The van der Waals surface area contributed by atoms with Crippen molar-refractivity contribution < 1.29 is 21.6 Å². The van der Waals surface area contributed by atoms with Crippen molar-refractivity contribution in [3.05, 3.63) is 24.3 Å². The van der Waals surface area contributed by atoms with Crippen molar-refractivity contribution in [1.82, 2.24) is 4.72 Å². The number of fused-ring (bicyclic) bond motifs is 1. The van der Waals surface area contributed by atoms with Crippen LogP contribution in [0.3, 0.4) is 0 Å². The molecule has 1 N–H and O–H groups in total. The summed E-state index contributed by atoms with van der Waals surface area (Å²) in [5.74, 6) is -0.668. The van der Waals surface area contributed by atoms with E-state index in [-0.39, 0.29) is 10.9 Å². The molecule has 1 fully saturated rings. The molecular formula is C13H14F3N3O2S. The van der Waals surface area contributed by atoms with Gasteiger partial charge in [0.15, 0.2) is 0 Å². The molecule has 22 heavy (non-hydrogen) atoms. The second-order valence-electron chi connectivity index (χ2n) is 5.27. The summed E-state index contributed by atoms with van der Waals surface area (Å²) in [6.07, 6.45) is -1.67. The lowest BCUT2D eigenvalue weighted by atomic mass is 10.2. The van der Waals surface area contributed by atoms with Crippen molar-refractivity contribution in [2.24, 2.45) is 4.99 Å². The summed E-state index contributed by atoms with van der Waals surface area (Å²) in [7, 11) is -4.05. The van der Waals surface area contributed by atoms with Gasteiger partial charge in [-0.05, 0) is 25.0 Å². The number of aliphatic imine (C=N–C) groups is 1. The highest BCUT2D eigenvalue weighted by atomic mass is 32.2. The minimum Gasteiger partial charge on any atom is -0.249 e. The van der Waals surface area contributed by atoms with Crippen LogP contribution in [0.25, 0.3) is 0 Å². The smallest absolute Gasteiger partial charge is 0.249 e. The van der Waals surface area contributed by atoms with Gasteiger partial charge in [0.25, 0.3) is 10.0 Å². The monoisotopic (exact) mass is 333 g/mol. The van der Waals surface area contributed by atoms with Crippen molar-refractivity contribution in [2.75, 3.05) is 4.90 Å². The fourth-order valence-electron chi connectivity index (χ4n) is 2.75. The molecule has 0 radical (unpaired) electrons. The zero-order valence-electron chi connectivity index (χ0n) is 11.5. The first-order valence-electron chi connectivity index (χ1n) is 6.86. The van der Waals surface area contributed by atoms with Gasteiger partial charge in [0.2, 0.25) is 5.96 Å². The number of nitrogens with zero attached hydrogens (tertiary/aromatic N) is 2. The van der Waals surface area contributed by atoms with Gasteiger partial charge in [-0.15, -0.1) is 13.2 Å². The molecule has 0 amide bonds. The van der Waals surface area contributed by atoms with Crippen LogP contribution in [0, 0.1) is 0 Å². The van der Waals surface area contributed by atoms with Crippen molar-refractivity contribution in [2.45, 2.75) is 42.9 Å². The number of hydrogen-bond donors (Lipinski definition) is 1. The van der Waals surface area contributed by atoms with Gasteiger partial charge in [0.05, 0.1) is 11.7 Å². The van der Waals surface area contributed by atoms with Gasteiger partial charge >= 0.3 is 6.30 Å². The van der Waals surface area contributed by atoms with Gasteiger partial charge in [-0.25, -0.2) is 23.0 Å². The molecule has 1 heterocycles. The number of para-hydroxylation sites is 1. The molecule has 5 nitrogen and oxygen atoms in total. The topological polar surface area (TPSA) is 61.8 Å². The number of halogens is 3. The van der Waals surface area contributed by atoms with E-state index in [1.54, 1.807) is 0 Å². The first-order chi connectivity index (χ1) is 10.3. The van der Waals surface area contributed by atoms with Crippen LogP contribution in [0.4, 0.5) is 18.9 Å². The predicted molar refractivity (Wildman–Crippen MR) is 75.0 cm³/mol. The molecule has 0 bridgehead atoms. The normalized spacial score (nSPS) is 23.4. The van der Waals surface area contributed by atoms with E-state index in [0.29, 0.717) is 12.8 Å². The standard InChI is InChI=1S/C13H14F3N3O2S/c14-13(15,16)19-10-7-3-4-8-11(10)22(20,21)18-12(19)17-9-5-1-2-6-9/h3-4,7-9H,1-2,5-6H2,(H,17,18). The number of sulfonamides is 1. The largest absolute Gasteiger partial charge is 0.491 e. The number of nitrogens with one attached hydrogen (secondary N) is 1. The highest BCUT2D eigenvalue weighted by Gasteiger charge is 2.47. The van der Waals surface area contributed by atoms with E-state index < -0.39 is 32.9 Å². The Labute approximate surface area is 125 Å². The van der Waals surface area contributed by atoms with E-state index in [2.05, 4.69) is 4.99 Å². The fourth-order valence-corrected chi connectivity index (χ4v) is 3.94. The van der Waals surface area contributed by atoms with Gasteiger partial charge in [0.1, 0.15) is 4.90 Å². The minimum atomic E-state index is -4.77. The molecule has 0 saturated heterocycles. The number of guanidine groups is 1. The quantitative estimate of drug-likeness (QED) is 0.804. The molecule has 1 aliphatic carbocycles. The highest BCUT2D eigenvalue weighted by Crippen LogP contribution is 2.37. The summed E-state index contributed by atoms with van der Waals surface area (Å²) in [5, 5.41) is 0. The van der Waals surface area contributed by atoms with E-state index in [4.69, 9.17) is 0 Å². The maximum absolute atomic E-state index is 13.4. The Bertz CT molecular complexity index is 709. The van der Waals surface area contributed by atoms with Crippen molar-refractivity contribution in [3.63, 3.8) is 0 Å². The summed E-state index contributed by atoms with van der Waals surface area (Å²) in [5.41, 5.74) is -0.425. The molecule has 1 saturated carbocycles. The van der Waals surface area contributed by atoms with Gasteiger partial charge in [-0.3, -0.25) is 0 Å². The summed E-state index contributed by atoms with van der Waals surface area (Å²) < 4.78 is 66.5. The highest BCUT2D eigenvalue weighted by molar-refractivity contribution is 7.90.